The summed E-state index contributed by atoms with van der Waals surface area (Å²) < 4.78 is 50.5. The quantitative estimate of drug-likeness (QED) is 0.175. The zero-order chi connectivity index (χ0) is 21.1. The van der Waals surface area contributed by atoms with Crippen LogP contribution >= 0.6 is 15.4 Å². The Morgan fingerprint density at radius 1 is 1.43 bits per heavy atom. The number of aldehydes is 1. The third-order valence-corrected chi connectivity index (χ3v) is 6.17. The number of hydrogen-bond acceptors (Lipinski definition) is 11. The molecule has 14 nitrogen and oxygen atoms in total. The molecular formula is C12H25N5O9P2. The molecule has 0 aliphatic carbocycles. The zero-order valence-corrected chi connectivity index (χ0v) is 17.3. The van der Waals surface area contributed by atoms with Crippen LogP contribution in [0.4, 0.5) is 5.82 Å². The third kappa shape index (κ3) is 5.74. The van der Waals surface area contributed by atoms with Gasteiger partial charge < -0.3 is 24.0 Å². The van der Waals surface area contributed by atoms with Gasteiger partial charge in [0.25, 0.3) is 0 Å². The molecule has 0 saturated carbocycles. The van der Waals surface area contributed by atoms with E-state index in [-0.39, 0.29) is 18.7 Å². The maximum absolute atomic E-state index is 12.2. The van der Waals surface area contributed by atoms with Crippen LogP contribution in [0.2, 0.25) is 0 Å². The number of hydrogen-bond donors (Lipinski definition) is 5. The summed E-state index contributed by atoms with van der Waals surface area (Å²) in [6.45, 7) is 0.890. The Morgan fingerprint density at radius 3 is 2.64 bits per heavy atom. The fourth-order valence-electron chi connectivity index (χ4n) is 2.55. The summed E-state index contributed by atoms with van der Waals surface area (Å²) in [6, 6.07) is 0. The van der Waals surface area contributed by atoms with Gasteiger partial charge in [-0.25, -0.2) is 9.25 Å². The van der Waals surface area contributed by atoms with E-state index in [4.69, 9.17) is 29.8 Å². The second kappa shape index (κ2) is 9.18. The van der Waals surface area contributed by atoms with Gasteiger partial charge in [0.05, 0.1) is 6.61 Å². The molecule has 162 valence electrons. The molecule has 1 aromatic rings. The highest BCUT2D eigenvalue weighted by molar-refractivity contribution is 7.52. The van der Waals surface area contributed by atoms with Crippen molar-refractivity contribution in [1.82, 2.24) is 9.78 Å². The highest BCUT2D eigenvalue weighted by Crippen LogP contribution is 2.49. The standard InChI is InChI=1S/C12H25N5O9P2/c1-22-27(3,19)26-8-4-10(25-9(8)6-24-28(20,21)23-2)17-11(15-12(13)14)7(5-18)16-17/h5,8-10,12,15-16H,4,6,13-14H2,1-3H3,(H,20,21)/t8?,9?,10-,27?/m1/s1. The third-order valence-electron chi connectivity index (χ3n) is 3.92. The van der Waals surface area contributed by atoms with Crippen LogP contribution in [0.1, 0.15) is 23.1 Å². The average Bonchev–Trinajstić information content (AvgIpc) is 2.99. The molecular weight excluding hydrogens is 420 g/mol. The van der Waals surface area contributed by atoms with Gasteiger partial charge in [0.1, 0.15) is 24.2 Å². The lowest BCUT2D eigenvalue weighted by molar-refractivity contribution is -0.0471. The predicted octanol–water partition coefficient (Wildman–Crippen LogP) is 0.147. The number of anilines is 1. The highest BCUT2D eigenvalue weighted by atomic mass is 31.2. The summed E-state index contributed by atoms with van der Waals surface area (Å²) >= 11 is 0. The van der Waals surface area contributed by atoms with Crippen LogP contribution in [-0.2, 0) is 32.0 Å². The molecule has 1 aliphatic rings. The predicted molar refractivity (Wildman–Crippen MR) is 96.7 cm³/mol. The Bertz CT molecular complexity index is 765. The lowest BCUT2D eigenvalue weighted by Crippen LogP contribution is -2.42. The molecule has 0 amide bonds. The molecule has 2 rings (SSSR count). The lowest BCUT2D eigenvalue weighted by Gasteiger charge is -2.27. The number of ether oxygens (including phenoxy) is 1. The molecule has 4 unspecified atom stereocenters. The molecule has 0 radical (unpaired) electrons. The van der Waals surface area contributed by atoms with E-state index >= 15 is 0 Å². The van der Waals surface area contributed by atoms with Gasteiger partial charge in [-0.05, 0) is 0 Å². The molecule has 1 aliphatic heterocycles. The van der Waals surface area contributed by atoms with E-state index < -0.39 is 40.1 Å². The number of nitrogens with zero attached hydrogens (tertiary/aromatic N) is 1. The van der Waals surface area contributed by atoms with Crippen molar-refractivity contribution in [2.75, 3.05) is 32.8 Å². The van der Waals surface area contributed by atoms with Crippen molar-refractivity contribution in [3.8, 4) is 0 Å². The van der Waals surface area contributed by atoms with E-state index in [1.807, 2.05) is 0 Å². The van der Waals surface area contributed by atoms with E-state index in [0.717, 1.165) is 7.11 Å². The van der Waals surface area contributed by atoms with Crippen LogP contribution < -0.4 is 16.8 Å². The van der Waals surface area contributed by atoms with Crippen LogP contribution in [0.15, 0.2) is 0 Å². The van der Waals surface area contributed by atoms with Crippen LogP contribution in [0.25, 0.3) is 0 Å². The van der Waals surface area contributed by atoms with Gasteiger partial charge in [-0.2, -0.15) is 0 Å². The number of carbonyl (C=O) groups is 1. The van der Waals surface area contributed by atoms with Crippen molar-refractivity contribution >= 4 is 27.5 Å². The van der Waals surface area contributed by atoms with E-state index in [9.17, 15) is 18.8 Å². The van der Waals surface area contributed by atoms with Crippen molar-refractivity contribution in [2.24, 2.45) is 11.5 Å². The Kier molecular flexibility index (Phi) is 7.62. The van der Waals surface area contributed by atoms with Crippen molar-refractivity contribution < 1.29 is 41.6 Å². The average molecular weight is 445 g/mol. The summed E-state index contributed by atoms with van der Waals surface area (Å²) in [4.78, 5) is 20.5. The van der Waals surface area contributed by atoms with E-state index in [2.05, 4.69) is 14.9 Å². The van der Waals surface area contributed by atoms with Crippen molar-refractivity contribution in [3.63, 3.8) is 0 Å². The van der Waals surface area contributed by atoms with Crippen LogP contribution in [0, 0.1) is 0 Å². The number of phosphoric acid groups is 1. The fraction of sp³-hybridized carbons (Fsp3) is 0.750. The van der Waals surface area contributed by atoms with Gasteiger partial charge >= 0.3 is 15.4 Å². The van der Waals surface area contributed by atoms with E-state index in [0.29, 0.717) is 12.1 Å². The summed E-state index contributed by atoms with van der Waals surface area (Å²) in [7, 11) is -5.41. The first kappa shape index (κ1) is 23.2. The number of nitrogens with two attached hydrogens (primary N) is 2. The van der Waals surface area contributed by atoms with Gasteiger partial charge in [0.2, 0.25) is 0 Å². The summed E-state index contributed by atoms with van der Waals surface area (Å²) in [5.74, 6) is 0.298. The van der Waals surface area contributed by atoms with Gasteiger partial charge in [0.15, 0.2) is 18.3 Å². The molecule has 16 heteroatoms. The summed E-state index contributed by atoms with van der Waals surface area (Å²) in [6.07, 6.45) is -2.64. The Morgan fingerprint density at radius 2 is 2.11 bits per heavy atom. The topological polar surface area (TPSA) is 202 Å². The number of aromatic nitrogens is 2. The van der Waals surface area contributed by atoms with Crippen molar-refractivity contribution in [3.05, 3.63) is 5.69 Å². The molecule has 1 saturated heterocycles. The second-order valence-electron chi connectivity index (χ2n) is 5.94. The maximum Gasteiger partial charge on any atom is 0.472 e. The largest absolute Gasteiger partial charge is 0.472 e. The molecule has 7 N–H and O–H groups in total. The molecule has 28 heavy (non-hydrogen) atoms. The minimum Gasteiger partial charge on any atom is -0.348 e. The van der Waals surface area contributed by atoms with Crippen molar-refractivity contribution in [1.29, 1.82) is 0 Å². The Balaban J connectivity index is 2.19. The molecule has 0 aromatic carbocycles. The summed E-state index contributed by atoms with van der Waals surface area (Å²) in [5.41, 5.74) is 11.2. The first-order valence-electron chi connectivity index (χ1n) is 8.05. The molecule has 1 fully saturated rings. The molecule has 0 bridgehead atoms. The molecule has 0 spiro atoms. The van der Waals surface area contributed by atoms with Gasteiger partial charge in [0, 0.05) is 27.3 Å². The lowest BCUT2D eigenvalue weighted by atomic mass is 10.2. The first-order valence-corrected chi connectivity index (χ1v) is 11.5. The Labute approximate surface area is 160 Å². The second-order valence-corrected chi connectivity index (χ2v) is 9.62. The van der Waals surface area contributed by atoms with E-state index in [1.54, 1.807) is 0 Å². The minimum atomic E-state index is -4.26. The molecule has 5 atom stereocenters. The number of H-pyrrole nitrogens is 1. The van der Waals surface area contributed by atoms with Crippen LogP contribution in [0.5, 0.6) is 0 Å². The number of carbonyl (C=O) groups excluding carboxylic acids is 1. The van der Waals surface area contributed by atoms with Gasteiger partial charge in [-0.3, -0.25) is 35.0 Å². The smallest absolute Gasteiger partial charge is 0.348 e. The SMILES string of the molecule is COP(C)(=O)OC1C[C@H](n2[nH]c(C=O)c2NC(N)N)OC1COP(=O)(O)OC. The van der Waals surface area contributed by atoms with E-state index in [1.165, 1.54) is 18.5 Å². The normalized spacial score (nSPS) is 26.9. The van der Waals surface area contributed by atoms with Gasteiger partial charge in [-0.1, -0.05) is 0 Å². The number of aromatic amines is 1. The fourth-order valence-corrected chi connectivity index (χ4v) is 3.79. The number of nitrogens with one attached hydrogen (secondary N) is 2. The first-order chi connectivity index (χ1) is 13.0. The molecule has 2 heterocycles. The van der Waals surface area contributed by atoms with Crippen LogP contribution in [-0.4, -0.2) is 66.9 Å². The zero-order valence-electron chi connectivity index (χ0n) is 15.5. The van der Waals surface area contributed by atoms with Crippen molar-refractivity contribution in [2.45, 2.75) is 31.1 Å². The highest BCUT2D eigenvalue weighted by Gasteiger charge is 2.43. The molecule has 1 aromatic heterocycles. The maximum atomic E-state index is 12.2. The van der Waals surface area contributed by atoms with Crippen LogP contribution in [0.3, 0.4) is 0 Å². The monoisotopic (exact) mass is 445 g/mol. The number of rotatable bonds is 11. The van der Waals surface area contributed by atoms with Gasteiger partial charge in [-0.15, -0.1) is 0 Å². The minimum absolute atomic E-state index is 0.155. The summed E-state index contributed by atoms with van der Waals surface area (Å²) in [5, 5.41) is 5.44. The Hall–Kier alpha value is -1.05. The number of phosphoric ester groups is 1.